The highest BCUT2D eigenvalue weighted by molar-refractivity contribution is 7.80. The zero-order chi connectivity index (χ0) is 26.2. The lowest BCUT2D eigenvalue weighted by molar-refractivity contribution is -0.144. The fraction of sp³-hybridized carbons (Fsp3) is 0.583. The van der Waals surface area contributed by atoms with Crippen LogP contribution in [-0.4, -0.2) is 70.5 Å². The largest absolute Gasteiger partial charge is 0.508 e. The summed E-state index contributed by atoms with van der Waals surface area (Å²) >= 11 is 4.23. The van der Waals surface area contributed by atoms with Crippen LogP contribution < -0.4 is 10.6 Å². The number of nitrogens with zero attached hydrogens (tertiary/aromatic N) is 1. The van der Waals surface area contributed by atoms with E-state index >= 15 is 0 Å². The molecular formula is C24H35N3O7S. The van der Waals surface area contributed by atoms with Gasteiger partial charge in [0, 0.05) is 23.9 Å². The van der Waals surface area contributed by atoms with Gasteiger partial charge in [-0.15, -0.1) is 0 Å². The summed E-state index contributed by atoms with van der Waals surface area (Å²) < 4.78 is 10.1. The van der Waals surface area contributed by atoms with E-state index in [2.05, 4.69) is 23.3 Å². The number of para-hydroxylation sites is 1. The monoisotopic (exact) mass is 509 g/mol. The van der Waals surface area contributed by atoms with Crippen molar-refractivity contribution in [2.45, 2.75) is 70.7 Å². The van der Waals surface area contributed by atoms with Gasteiger partial charge in [0.15, 0.2) is 0 Å². The molecule has 0 heterocycles. The number of esters is 1. The normalized spacial score (nSPS) is 14.9. The number of carbonyl (C=O) groups excluding carboxylic acids is 4. The van der Waals surface area contributed by atoms with Crippen molar-refractivity contribution in [3.63, 3.8) is 0 Å². The number of hydrogen-bond donors (Lipinski definition) is 4. The van der Waals surface area contributed by atoms with Crippen LogP contribution in [0.4, 0.5) is 4.79 Å². The number of thiol groups is 1. The van der Waals surface area contributed by atoms with Crippen molar-refractivity contribution >= 4 is 36.5 Å². The Morgan fingerprint density at radius 2 is 1.86 bits per heavy atom. The average Bonchev–Trinajstić information content (AvgIpc) is 3.60. The third-order valence-corrected chi connectivity index (χ3v) is 5.42. The van der Waals surface area contributed by atoms with Gasteiger partial charge in [-0.3, -0.25) is 14.4 Å². The fourth-order valence-corrected chi connectivity index (χ4v) is 3.69. The highest BCUT2D eigenvalue weighted by atomic mass is 32.1. The molecule has 2 atom stereocenters. The van der Waals surface area contributed by atoms with Crippen molar-refractivity contribution < 1.29 is 33.8 Å². The van der Waals surface area contributed by atoms with Crippen LogP contribution >= 0.6 is 12.6 Å². The molecule has 1 aromatic carbocycles. The van der Waals surface area contributed by atoms with Gasteiger partial charge in [0.05, 0.1) is 13.0 Å². The molecule has 2 rings (SSSR count). The van der Waals surface area contributed by atoms with Crippen LogP contribution in [0.3, 0.4) is 0 Å². The highest BCUT2D eigenvalue weighted by Gasteiger charge is 2.44. The molecule has 3 amide bonds. The van der Waals surface area contributed by atoms with E-state index in [1.807, 2.05) is 0 Å². The molecule has 0 spiro atoms. The molecule has 1 aliphatic carbocycles. The molecule has 1 fully saturated rings. The van der Waals surface area contributed by atoms with E-state index in [1.54, 1.807) is 45.9 Å². The standard InChI is InChI=1S/C24H35N3O7S/c1-5-33-19(29)12-13-25-21(30)20(16-8-6-7-9-18(16)28)27(15-10-11-15)22(31)17(14-35)26-23(32)34-24(2,3)4/h6-9,15,17,20,28,35H,5,10-14H2,1-4H3,(H,25,30)(H,26,32). The molecule has 11 heteroatoms. The van der Waals surface area contributed by atoms with Crippen LogP contribution in [0.25, 0.3) is 0 Å². The van der Waals surface area contributed by atoms with Gasteiger partial charge in [0.1, 0.15) is 23.4 Å². The number of ether oxygens (including phenoxy) is 2. The smallest absolute Gasteiger partial charge is 0.408 e. The highest BCUT2D eigenvalue weighted by Crippen LogP contribution is 2.38. The SMILES string of the molecule is CCOC(=O)CCNC(=O)C(c1ccccc1O)N(C(=O)C(CS)NC(=O)OC(C)(C)C)C1CC1. The first-order valence-corrected chi connectivity index (χ1v) is 12.3. The van der Waals surface area contributed by atoms with E-state index in [1.165, 1.54) is 11.0 Å². The van der Waals surface area contributed by atoms with E-state index < -0.39 is 41.6 Å². The lowest BCUT2D eigenvalue weighted by atomic mass is 10.0. The Hall–Kier alpha value is -2.95. The predicted molar refractivity (Wildman–Crippen MR) is 132 cm³/mol. The summed E-state index contributed by atoms with van der Waals surface area (Å²) in [7, 11) is 0. The van der Waals surface area contributed by atoms with E-state index in [-0.39, 0.29) is 42.7 Å². The second-order valence-electron chi connectivity index (χ2n) is 9.17. The summed E-state index contributed by atoms with van der Waals surface area (Å²) in [4.78, 5) is 52.3. The Labute approximate surface area is 211 Å². The van der Waals surface area contributed by atoms with Gasteiger partial charge in [0.25, 0.3) is 0 Å². The minimum atomic E-state index is -1.18. The Balaban J connectivity index is 2.31. The van der Waals surface area contributed by atoms with E-state index in [4.69, 9.17) is 9.47 Å². The second-order valence-corrected chi connectivity index (χ2v) is 9.53. The Kier molecular flexibility index (Phi) is 10.2. The molecule has 10 nitrogen and oxygen atoms in total. The molecule has 1 saturated carbocycles. The first-order valence-electron chi connectivity index (χ1n) is 11.6. The third kappa shape index (κ3) is 8.65. The summed E-state index contributed by atoms with van der Waals surface area (Å²) in [5, 5.41) is 15.7. The van der Waals surface area contributed by atoms with Gasteiger partial charge in [-0.1, -0.05) is 18.2 Å². The van der Waals surface area contributed by atoms with Crippen LogP contribution in [0.2, 0.25) is 0 Å². The number of carbonyl (C=O) groups is 4. The fourth-order valence-electron chi connectivity index (χ4n) is 3.44. The summed E-state index contributed by atoms with van der Waals surface area (Å²) in [6, 6.07) is 3.75. The number of benzene rings is 1. The quantitative estimate of drug-likeness (QED) is 0.266. The topological polar surface area (TPSA) is 134 Å². The third-order valence-electron chi connectivity index (χ3n) is 5.06. The lowest BCUT2D eigenvalue weighted by Gasteiger charge is -2.34. The van der Waals surface area contributed by atoms with E-state index in [9.17, 15) is 24.3 Å². The van der Waals surface area contributed by atoms with Crippen molar-refractivity contribution in [3.8, 4) is 5.75 Å². The zero-order valence-corrected chi connectivity index (χ0v) is 21.5. The van der Waals surface area contributed by atoms with Crippen molar-refractivity contribution in [2.75, 3.05) is 18.9 Å². The van der Waals surface area contributed by atoms with Crippen LogP contribution in [-0.2, 0) is 23.9 Å². The van der Waals surface area contributed by atoms with Gasteiger partial charge < -0.3 is 30.1 Å². The van der Waals surface area contributed by atoms with E-state index in [0.29, 0.717) is 12.8 Å². The van der Waals surface area contributed by atoms with Crippen molar-refractivity contribution in [1.82, 2.24) is 15.5 Å². The molecule has 1 aromatic rings. The number of hydrogen-bond acceptors (Lipinski definition) is 8. The molecule has 0 aliphatic heterocycles. The van der Waals surface area contributed by atoms with Crippen LogP contribution in [0, 0.1) is 0 Å². The number of amides is 3. The summed E-state index contributed by atoms with van der Waals surface area (Å²) in [6.07, 6.45) is 0.512. The maximum atomic E-state index is 13.6. The Bertz CT molecular complexity index is 915. The second kappa shape index (κ2) is 12.7. The molecule has 0 bridgehead atoms. The molecule has 0 saturated heterocycles. The van der Waals surface area contributed by atoms with Crippen LogP contribution in [0.1, 0.15) is 58.6 Å². The van der Waals surface area contributed by atoms with Crippen LogP contribution in [0.5, 0.6) is 5.75 Å². The van der Waals surface area contributed by atoms with Gasteiger partial charge in [-0.2, -0.15) is 12.6 Å². The maximum Gasteiger partial charge on any atom is 0.408 e. The molecule has 35 heavy (non-hydrogen) atoms. The zero-order valence-electron chi connectivity index (χ0n) is 20.6. The summed E-state index contributed by atoms with van der Waals surface area (Å²) in [5.41, 5.74) is -0.529. The molecule has 0 radical (unpaired) electrons. The molecule has 0 aromatic heterocycles. The maximum absolute atomic E-state index is 13.6. The number of alkyl carbamates (subject to hydrolysis) is 1. The van der Waals surface area contributed by atoms with Crippen LogP contribution in [0.15, 0.2) is 24.3 Å². The van der Waals surface area contributed by atoms with Gasteiger partial charge in [-0.25, -0.2) is 4.79 Å². The summed E-state index contributed by atoms with van der Waals surface area (Å²) in [5.74, 6) is -1.73. The first-order chi connectivity index (χ1) is 16.5. The summed E-state index contributed by atoms with van der Waals surface area (Å²) in [6.45, 7) is 7.03. The number of aromatic hydroxyl groups is 1. The minimum absolute atomic E-state index is 0.000609. The number of rotatable bonds is 11. The average molecular weight is 510 g/mol. The molecule has 3 N–H and O–H groups in total. The number of phenols is 1. The Morgan fingerprint density at radius 3 is 2.40 bits per heavy atom. The minimum Gasteiger partial charge on any atom is -0.508 e. The first kappa shape index (κ1) is 28.3. The predicted octanol–water partition coefficient (Wildman–Crippen LogP) is 2.32. The lowest BCUT2D eigenvalue weighted by Crippen LogP contribution is -2.54. The van der Waals surface area contributed by atoms with Crippen molar-refractivity contribution in [1.29, 1.82) is 0 Å². The molecular weight excluding hydrogens is 474 g/mol. The molecule has 194 valence electrons. The number of phenolic OH excluding ortho intramolecular Hbond substituents is 1. The molecule has 2 unspecified atom stereocenters. The van der Waals surface area contributed by atoms with E-state index in [0.717, 1.165) is 0 Å². The van der Waals surface area contributed by atoms with Gasteiger partial charge >= 0.3 is 12.1 Å². The van der Waals surface area contributed by atoms with Crippen molar-refractivity contribution in [3.05, 3.63) is 29.8 Å². The van der Waals surface area contributed by atoms with Crippen molar-refractivity contribution in [2.24, 2.45) is 0 Å². The Morgan fingerprint density at radius 1 is 1.20 bits per heavy atom. The number of nitrogens with one attached hydrogen (secondary N) is 2. The van der Waals surface area contributed by atoms with Gasteiger partial charge in [0.2, 0.25) is 11.8 Å². The van der Waals surface area contributed by atoms with Gasteiger partial charge in [-0.05, 0) is 46.6 Å². The molecule has 1 aliphatic rings.